The van der Waals surface area contributed by atoms with Crippen LogP contribution in [0.4, 0.5) is 0 Å². The van der Waals surface area contributed by atoms with Gasteiger partial charge in [-0.05, 0) is 40.5 Å². The Balaban J connectivity index is 2.64. The van der Waals surface area contributed by atoms with E-state index in [0.717, 1.165) is 15.7 Å². The number of aromatic nitrogens is 1. The Morgan fingerprint density at radius 3 is 2.69 bits per heavy atom. The van der Waals surface area contributed by atoms with Crippen LogP contribution in [0.25, 0.3) is 5.69 Å². The Hall–Kier alpha value is -1.55. The topological polar surface area (TPSA) is 42.2 Å². The molecule has 0 saturated carbocycles. The van der Waals surface area contributed by atoms with E-state index in [1.807, 2.05) is 31.2 Å². The second-order valence-corrected chi connectivity index (χ2v) is 4.42. The number of para-hydroxylation sites is 1. The summed E-state index contributed by atoms with van der Waals surface area (Å²) in [6.07, 6.45) is 1.76. The third kappa shape index (κ3) is 1.88. The zero-order valence-corrected chi connectivity index (χ0v) is 10.2. The molecule has 0 saturated heterocycles. The molecule has 1 aromatic heterocycles. The summed E-state index contributed by atoms with van der Waals surface area (Å²) in [5.74, 6) is -0.936. The van der Waals surface area contributed by atoms with Crippen molar-refractivity contribution in [3.63, 3.8) is 0 Å². The summed E-state index contributed by atoms with van der Waals surface area (Å²) in [7, 11) is 0. The predicted molar refractivity (Wildman–Crippen MR) is 65.2 cm³/mol. The molecule has 2 rings (SSSR count). The van der Waals surface area contributed by atoms with Crippen LogP contribution < -0.4 is 0 Å². The van der Waals surface area contributed by atoms with Gasteiger partial charge >= 0.3 is 5.97 Å². The lowest BCUT2D eigenvalue weighted by Gasteiger charge is -2.08. The quantitative estimate of drug-likeness (QED) is 0.917. The van der Waals surface area contributed by atoms with E-state index in [1.165, 1.54) is 0 Å². The van der Waals surface area contributed by atoms with Crippen LogP contribution in [0.1, 0.15) is 16.1 Å². The Morgan fingerprint density at radius 2 is 2.06 bits per heavy atom. The summed E-state index contributed by atoms with van der Waals surface area (Å²) in [5.41, 5.74) is 2.17. The Morgan fingerprint density at radius 1 is 1.38 bits per heavy atom. The minimum Gasteiger partial charge on any atom is -0.477 e. The number of carbonyl (C=O) groups is 1. The summed E-state index contributed by atoms with van der Waals surface area (Å²) in [6.45, 7) is 1.95. The van der Waals surface area contributed by atoms with Crippen LogP contribution >= 0.6 is 15.9 Å². The molecule has 82 valence electrons. The monoisotopic (exact) mass is 279 g/mol. The van der Waals surface area contributed by atoms with E-state index in [1.54, 1.807) is 16.8 Å². The molecular formula is C12H10BrNO2. The number of aromatic carboxylic acids is 1. The largest absolute Gasteiger partial charge is 0.477 e. The van der Waals surface area contributed by atoms with Crippen molar-refractivity contribution in [2.24, 2.45) is 0 Å². The first-order valence-corrected chi connectivity index (χ1v) is 5.56. The summed E-state index contributed by atoms with van der Waals surface area (Å²) >= 11 is 3.29. The second kappa shape index (κ2) is 4.14. The molecule has 0 amide bonds. The van der Waals surface area contributed by atoms with Gasteiger partial charge in [0, 0.05) is 16.4 Å². The molecule has 0 spiro atoms. The standard InChI is InChI=1S/C12H10BrNO2/c1-8-4-2-3-5-10(8)14-7-9(13)6-11(14)12(15)16/h2-7H,1H3,(H,15,16). The van der Waals surface area contributed by atoms with Gasteiger partial charge in [-0.2, -0.15) is 0 Å². The maximum atomic E-state index is 11.1. The highest BCUT2D eigenvalue weighted by atomic mass is 79.9. The van der Waals surface area contributed by atoms with Crippen LogP contribution in [0.5, 0.6) is 0 Å². The minimum atomic E-state index is -0.936. The first-order chi connectivity index (χ1) is 7.59. The normalized spacial score (nSPS) is 10.4. The number of aryl methyl sites for hydroxylation is 1. The van der Waals surface area contributed by atoms with Gasteiger partial charge in [0.2, 0.25) is 0 Å². The van der Waals surface area contributed by atoms with Gasteiger partial charge in [0.1, 0.15) is 5.69 Å². The SMILES string of the molecule is Cc1ccccc1-n1cc(Br)cc1C(=O)O. The molecule has 0 atom stereocenters. The molecule has 0 radical (unpaired) electrons. The zero-order valence-electron chi connectivity index (χ0n) is 8.64. The second-order valence-electron chi connectivity index (χ2n) is 3.51. The predicted octanol–water partition coefficient (Wildman–Crippen LogP) is 3.25. The molecule has 16 heavy (non-hydrogen) atoms. The Bertz CT molecular complexity index is 546. The van der Waals surface area contributed by atoms with Crippen molar-refractivity contribution >= 4 is 21.9 Å². The number of benzene rings is 1. The highest BCUT2D eigenvalue weighted by Crippen LogP contribution is 2.22. The van der Waals surface area contributed by atoms with E-state index < -0.39 is 5.97 Å². The fourth-order valence-corrected chi connectivity index (χ4v) is 2.05. The summed E-state index contributed by atoms with van der Waals surface area (Å²) in [4.78, 5) is 11.1. The van der Waals surface area contributed by atoms with Gasteiger partial charge < -0.3 is 9.67 Å². The molecule has 1 heterocycles. The van der Waals surface area contributed by atoms with Crippen molar-refractivity contribution in [1.82, 2.24) is 4.57 Å². The van der Waals surface area contributed by atoms with Crippen LogP contribution in [0.15, 0.2) is 41.0 Å². The van der Waals surface area contributed by atoms with Crippen LogP contribution in [0, 0.1) is 6.92 Å². The number of carboxylic acid groups (broad SMARTS) is 1. The van der Waals surface area contributed by atoms with Crippen LogP contribution in [-0.2, 0) is 0 Å². The summed E-state index contributed by atoms with van der Waals surface area (Å²) in [6, 6.07) is 9.26. The molecule has 4 heteroatoms. The van der Waals surface area contributed by atoms with Crippen LogP contribution in [0.2, 0.25) is 0 Å². The Labute approximate surface area is 101 Å². The number of halogens is 1. The van der Waals surface area contributed by atoms with Crippen LogP contribution in [-0.4, -0.2) is 15.6 Å². The van der Waals surface area contributed by atoms with Gasteiger partial charge in [0.15, 0.2) is 0 Å². The number of rotatable bonds is 2. The average molecular weight is 280 g/mol. The lowest BCUT2D eigenvalue weighted by atomic mass is 10.2. The van der Waals surface area contributed by atoms with E-state index in [0.29, 0.717) is 0 Å². The van der Waals surface area contributed by atoms with Crippen molar-refractivity contribution in [2.75, 3.05) is 0 Å². The van der Waals surface area contributed by atoms with E-state index in [4.69, 9.17) is 5.11 Å². The number of nitrogens with zero attached hydrogens (tertiary/aromatic N) is 1. The third-order valence-corrected chi connectivity index (χ3v) is 2.81. The summed E-state index contributed by atoms with van der Waals surface area (Å²) in [5, 5.41) is 9.09. The number of hydrogen-bond acceptors (Lipinski definition) is 1. The van der Waals surface area contributed by atoms with Gasteiger partial charge in [-0.25, -0.2) is 4.79 Å². The van der Waals surface area contributed by atoms with E-state index in [-0.39, 0.29) is 5.69 Å². The van der Waals surface area contributed by atoms with Gasteiger partial charge in [-0.15, -0.1) is 0 Å². The highest BCUT2D eigenvalue weighted by molar-refractivity contribution is 9.10. The van der Waals surface area contributed by atoms with Gasteiger partial charge in [0.05, 0.1) is 0 Å². The lowest BCUT2D eigenvalue weighted by molar-refractivity contribution is 0.0688. The first kappa shape index (κ1) is 11.0. The zero-order chi connectivity index (χ0) is 11.7. The van der Waals surface area contributed by atoms with Crippen LogP contribution in [0.3, 0.4) is 0 Å². The van der Waals surface area contributed by atoms with Crippen molar-refractivity contribution in [3.8, 4) is 5.69 Å². The number of carboxylic acids is 1. The van der Waals surface area contributed by atoms with Gasteiger partial charge in [0.25, 0.3) is 0 Å². The molecule has 0 bridgehead atoms. The van der Waals surface area contributed by atoms with Crippen molar-refractivity contribution in [3.05, 3.63) is 52.3 Å². The van der Waals surface area contributed by atoms with Crippen molar-refractivity contribution in [1.29, 1.82) is 0 Å². The smallest absolute Gasteiger partial charge is 0.352 e. The maximum absolute atomic E-state index is 11.1. The molecule has 0 fully saturated rings. The minimum absolute atomic E-state index is 0.251. The molecule has 0 aliphatic rings. The molecule has 0 aliphatic carbocycles. The molecule has 0 unspecified atom stereocenters. The lowest BCUT2D eigenvalue weighted by Crippen LogP contribution is -2.06. The molecule has 1 N–H and O–H groups in total. The maximum Gasteiger partial charge on any atom is 0.352 e. The highest BCUT2D eigenvalue weighted by Gasteiger charge is 2.13. The number of hydrogen-bond donors (Lipinski definition) is 1. The molecule has 1 aromatic carbocycles. The van der Waals surface area contributed by atoms with Crippen molar-refractivity contribution < 1.29 is 9.90 Å². The Kier molecular flexibility index (Phi) is 2.83. The molecule has 3 nitrogen and oxygen atoms in total. The molecular weight excluding hydrogens is 270 g/mol. The molecule has 0 aliphatic heterocycles. The average Bonchev–Trinajstić information content (AvgIpc) is 2.61. The molecule has 2 aromatic rings. The van der Waals surface area contributed by atoms with Gasteiger partial charge in [-0.1, -0.05) is 18.2 Å². The van der Waals surface area contributed by atoms with E-state index >= 15 is 0 Å². The van der Waals surface area contributed by atoms with E-state index in [9.17, 15) is 4.79 Å². The fraction of sp³-hybridized carbons (Fsp3) is 0.0833. The van der Waals surface area contributed by atoms with E-state index in [2.05, 4.69) is 15.9 Å². The van der Waals surface area contributed by atoms with Crippen molar-refractivity contribution in [2.45, 2.75) is 6.92 Å². The first-order valence-electron chi connectivity index (χ1n) is 4.77. The fourth-order valence-electron chi connectivity index (χ4n) is 1.63. The van der Waals surface area contributed by atoms with Gasteiger partial charge in [-0.3, -0.25) is 0 Å². The summed E-state index contributed by atoms with van der Waals surface area (Å²) < 4.78 is 2.43. The third-order valence-electron chi connectivity index (χ3n) is 2.38.